The normalized spacial score (nSPS) is 11.3. The van der Waals surface area contributed by atoms with Crippen LogP contribution in [0.1, 0.15) is 26.3 Å². The molecule has 1 N–H and O–H groups in total. The predicted molar refractivity (Wildman–Crippen MR) is 125 cm³/mol. The number of nitro groups is 1. The van der Waals surface area contributed by atoms with E-state index in [4.69, 9.17) is 9.47 Å². The first-order valence-corrected chi connectivity index (χ1v) is 13.6. The fourth-order valence-corrected chi connectivity index (χ4v) is 6.77. The molecule has 7 heteroatoms. The second-order valence-corrected chi connectivity index (χ2v) is 13.2. The topological polar surface area (TPSA) is 73.6 Å². The van der Waals surface area contributed by atoms with Gasteiger partial charge in [-0.3, -0.25) is 10.1 Å². The molecule has 0 saturated heterocycles. The lowest BCUT2D eigenvalue weighted by Gasteiger charge is -2.27. The lowest BCUT2D eigenvalue weighted by atomic mass is 10.1. The third kappa shape index (κ3) is 7.14. The number of nitro benzene ring substituents is 1. The average Bonchev–Trinajstić information content (AvgIpc) is 2.77. The van der Waals surface area contributed by atoms with Gasteiger partial charge < -0.3 is 14.8 Å². The molecule has 0 saturated carbocycles. The molecule has 6 nitrogen and oxygen atoms in total. The van der Waals surface area contributed by atoms with Crippen LogP contribution < -0.4 is 10.1 Å². The molecule has 0 unspecified atom stereocenters. The average molecular weight is 431 g/mol. The second-order valence-electron chi connectivity index (χ2n) is 7.58. The summed E-state index contributed by atoms with van der Waals surface area (Å²) >= 11 is 0. The highest BCUT2D eigenvalue weighted by atomic mass is 28.3. The van der Waals surface area contributed by atoms with Crippen molar-refractivity contribution in [2.75, 3.05) is 25.3 Å². The number of ether oxygens (including phenoxy) is 2. The van der Waals surface area contributed by atoms with E-state index in [1.807, 2.05) is 30.3 Å². The molecule has 0 aromatic heterocycles. The zero-order chi connectivity index (χ0) is 21.8. The second kappa shape index (κ2) is 12.3. The zero-order valence-electron chi connectivity index (χ0n) is 18.4. The smallest absolute Gasteiger partial charge is 0.292 e. The predicted octanol–water partition coefficient (Wildman–Crippen LogP) is 6.11. The van der Waals surface area contributed by atoms with E-state index in [0.717, 1.165) is 12.5 Å². The maximum absolute atomic E-state index is 11.3. The number of anilines is 1. The van der Waals surface area contributed by atoms with Gasteiger partial charge in [-0.1, -0.05) is 69.2 Å². The van der Waals surface area contributed by atoms with Crippen molar-refractivity contribution < 1.29 is 14.4 Å². The lowest BCUT2D eigenvalue weighted by molar-refractivity contribution is -0.384. The largest absolute Gasteiger partial charge is 0.467 e. The molecule has 0 amide bonds. The molecule has 0 fully saturated rings. The van der Waals surface area contributed by atoms with Crippen LogP contribution in [0.4, 0.5) is 11.4 Å². The molecule has 0 bridgehead atoms. The van der Waals surface area contributed by atoms with Crippen molar-refractivity contribution in [2.24, 2.45) is 0 Å². The van der Waals surface area contributed by atoms with Crippen molar-refractivity contribution in [1.29, 1.82) is 0 Å². The Balaban J connectivity index is 1.87. The van der Waals surface area contributed by atoms with Gasteiger partial charge in [0.15, 0.2) is 6.79 Å². The van der Waals surface area contributed by atoms with Gasteiger partial charge in [0.2, 0.25) is 0 Å². The molecule has 0 aliphatic heterocycles. The quantitative estimate of drug-likeness (QED) is 0.129. The molecule has 0 aliphatic rings. The molecule has 2 rings (SSSR count). The van der Waals surface area contributed by atoms with Gasteiger partial charge in [-0.2, -0.15) is 0 Å². The lowest BCUT2D eigenvalue weighted by Crippen LogP contribution is -2.32. The van der Waals surface area contributed by atoms with Crippen LogP contribution in [0.3, 0.4) is 0 Å². The minimum absolute atomic E-state index is 0.0425. The van der Waals surface area contributed by atoms with Gasteiger partial charge in [-0.25, -0.2) is 0 Å². The Morgan fingerprint density at radius 2 is 1.73 bits per heavy atom. The van der Waals surface area contributed by atoms with Gasteiger partial charge >= 0.3 is 0 Å². The standard InChI is InChI=1S/C23H34N2O4Si/c1-4-30(5-2,6-3)17-16-28-19-29-21-12-13-23(25(26)27)22(18-21)24-15-14-20-10-8-7-9-11-20/h7-13,18,24H,4-6,14-17,19H2,1-3H3. The molecule has 0 spiro atoms. The van der Waals surface area contributed by atoms with Gasteiger partial charge in [-0.05, 0) is 24.1 Å². The number of hydrogen-bond donors (Lipinski definition) is 1. The minimum atomic E-state index is -1.18. The van der Waals surface area contributed by atoms with Crippen molar-refractivity contribution in [2.45, 2.75) is 51.4 Å². The summed E-state index contributed by atoms with van der Waals surface area (Å²) in [6, 6.07) is 19.8. The fourth-order valence-electron chi connectivity index (χ4n) is 3.63. The Bertz CT molecular complexity index is 774. The van der Waals surface area contributed by atoms with Crippen molar-refractivity contribution >= 4 is 19.4 Å². The first-order chi connectivity index (χ1) is 14.5. The number of nitrogens with zero attached hydrogens (tertiary/aromatic N) is 1. The Hall–Kier alpha value is -2.38. The summed E-state index contributed by atoms with van der Waals surface area (Å²) in [5.41, 5.74) is 1.68. The van der Waals surface area contributed by atoms with Gasteiger partial charge in [-0.15, -0.1) is 0 Å². The molecule has 2 aromatic carbocycles. The molecule has 0 atom stereocenters. The van der Waals surface area contributed by atoms with Gasteiger partial charge in [0, 0.05) is 25.3 Å². The molecule has 164 valence electrons. The summed E-state index contributed by atoms with van der Waals surface area (Å²) in [6.07, 6.45) is 0.782. The molecule has 0 aliphatic carbocycles. The van der Waals surface area contributed by atoms with Crippen molar-refractivity contribution in [3.8, 4) is 5.75 Å². The van der Waals surface area contributed by atoms with Crippen LogP contribution in [0.15, 0.2) is 48.5 Å². The highest BCUT2D eigenvalue weighted by Gasteiger charge is 2.25. The van der Waals surface area contributed by atoms with Crippen LogP contribution in [-0.2, 0) is 11.2 Å². The first kappa shape index (κ1) is 23.9. The van der Waals surface area contributed by atoms with Gasteiger partial charge in [0.25, 0.3) is 5.69 Å². The molecule has 2 aromatic rings. The Labute approximate surface area is 180 Å². The Morgan fingerprint density at radius 1 is 1.03 bits per heavy atom. The van der Waals surface area contributed by atoms with Crippen LogP contribution in [0, 0.1) is 10.1 Å². The van der Waals surface area contributed by atoms with E-state index in [-0.39, 0.29) is 17.4 Å². The van der Waals surface area contributed by atoms with Gasteiger partial charge in [0.1, 0.15) is 11.4 Å². The summed E-state index contributed by atoms with van der Waals surface area (Å²) in [5, 5.41) is 14.5. The summed E-state index contributed by atoms with van der Waals surface area (Å²) in [4.78, 5) is 11.0. The number of rotatable bonds is 14. The zero-order valence-corrected chi connectivity index (χ0v) is 19.4. The van der Waals surface area contributed by atoms with Crippen molar-refractivity contribution in [3.05, 3.63) is 64.2 Å². The molecular weight excluding hydrogens is 396 g/mol. The van der Waals surface area contributed by atoms with Crippen molar-refractivity contribution in [3.63, 3.8) is 0 Å². The van der Waals surface area contributed by atoms with E-state index in [1.165, 1.54) is 29.8 Å². The van der Waals surface area contributed by atoms with E-state index < -0.39 is 8.07 Å². The maximum atomic E-state index is 11.3. The first-order valence-electron chi connectivity index (χ1n) is 10.8. The Morgan fingerprint density at radius 3 is 2.37 bits per heavy atom. The monoisotopic (exact) mass is 430 g/mol. The van der Waals surface area contributed by atoms with Gasteiger partial charge in [0.05, 0.1) is 13.0 Å². The van der Waals surface area contributed by atoms with E-state index >= 15 is 0 Å². The summed E-state index contributed by atoms with van der Waals surface area (Å²) in [6.45, 7) is 8.33. The van der Waals surface area contributed by atoms with E-state index in [2.05, 4.69) is 26.1 Å². The molecule has 30 heavy (non-hydrogen) atoms. The summed E-state index contributed by atoms with van der Waals surface area (Å²) in [5.74, 6) is 0.563. The van der Waals surface area contributed by atoms with Crippen LogP contribution >= 0.6 is 0 Å². The molecule has 0 heterocycles. The summed E-state index contributed by atoms with van der Waals surface area (Å²) in [7, 11) is -1.18. The van der Waals surface area contributed by atoms with E-state index in [0.29, 0.717) is 24.6 Å². The number of nitrogens with one attached hydrogen (secondary N) is 1. The number of hydrogen-bond acceptors (Lipinski definition) is 5. The minimum Gasteiger partial charge on any atom is -0.467 e. The molecular formula is C23H34N2O4Si. The van der Waals surface area contributed by atoms with Crippen molar-refractivity contribution in [1.82, 2.24) is 0 Å². The van der Waals surface area contributed by atoms with Crippen LogP contribution in [-0.4, -0.2) is 32.9 Å². The maximum Gasteiger partial charge on any atom is 0.292 e. The highest BCUT2D eigenvalue weighted by molar-refractivity contribution is 6.79. The SMILES string of the molecule is CC[Si](CC)(CC)CCOCOc1ccc([N+](=O)[O-])c(NCCc2ccccc2)c1. The number of benzene rings is 2. The fraction of sp³-hybridized carbons (Fsp3) is 0.478. The van der Waals surface area contributed by atoms with E-state index in [1.54, 1.807) is 12.1 Å². The summed E-state index contributed by atoms with van der Waals surface area (Å²) < 4.78 is 11.4. The van der Waals surface area contributed by atoms with Crippen LogP contribution in [0.25, 0.3) is 0 Å². The van der Waals surface area contributed by atoms with E-state index in [9.17, 15) is 10.1 Å². The highest BCUT2D eigenvalue weighted by Crippen LogP contribution is 2.29. The van der Waals surface area contributed by atoms with Crippen LogP contribution in [0.5, 0.6) is 5.75 Å². The Kier molecular flexibility index (Phi) is 9.83. The third-order valence-electron chi connectivity index (χ3n) is 6.07. The van der Waals surface area contributed by atoms with Crippen LogP contribution in [0.2, 0.25) is 24.2 Å². The molecule has 0 radical (unpaired) electrons. The third-order valence-corrected chi connectivity index (χ3v) is 11.8.